The van der Waals surface area contributed by atoms with Crippen LogP contribution < -0.4 is 0 Å². The molecule has 1 rings (SSSR count). The van der Waals surface area contributed by atoms with Crippen molar-refractivity contribution in [2.24, 2.45) is 5.92 Å². The van der Waals surface area contributed by atoms with Crippen molar-refractivity contribution in [1.29, 1.82) is 0 Å². The highest BCUT2D eigenvalue weighted by Crippen LogP contribution is 2.55. The number of carbonyl (C=O) groups is 1. The summed E-state index contributed by atoms with van der Waals surface area (Å²) in [5, 5.41) is 0. The molecule has 0 aromatic rings. The first-order valence-corrected chi connectivity index (χ1v) is 6.29. The maximum atomic E-state index is 12.0. The van der Waals surface area contributed by atoms with E-state index in [1.807, 2.05) is 13.8 Å². The first kappa shape index (κ1) is 13.5. The average Bonchev–Trinajstić information content (AvgIpc) is 2.71. The van der Waals surface area contributed by atoms with E-state index in [0.29, 0.717) is 12.5 Å². The second-order valence-corrected chi connectivity index (χ2v) is 5.23. The van der Waals surface area contributed by atoms with Crippen molar-refractivity contribution in [3.63, 3.8) is 0 Å². The Bertz CT molecular complexity index is 262. The van der Waals surface area contributed by atoms with Crippen LogP contribution in [0.3, 0.4) is 0 Å². The fraction of sp³-hybridized carbons (Fsp3) is 0.923. The summed E-state index contributed by atoms with van der Waals surface area (Å²) >= 11 is 0. The van der Waals surface area contributed by atoms with E-state index in [1.54, 1.807) is 0 Å². The van der Waals surface area contributed by atoms with Gasteiger partial charge in [0.1, 0.15) is 5.60 Å². The summed E-state index contributed by atoms with van der Waals surface area (Å²) in [7, 11) is 0. The van der Waals surface area contributed by atoms with Gasteiger partial charge in [-0.2, -0.15) is 0 Å². The molecule has 16 heavy (non-hydrogen) atoms. The summed E-state index contributed by atoms with van der Waals surface area (Å²) in [6, 6.07) is 0. The van der Waals surface area contributed by atoms with Crippen LogP contribution >= 0.6 is 0 Å². The molecule has 1 aliphatic heterocycles. The van der Waals surface area contributed by atoms with E-state index in [-0.39, 0.29) is 11.6 Å². The Labute approximate surface area is 98.5 Å². The largest absolute Gasteiger partial charge is 0.464 e. The molecule has 0 bridgehead atoms. The van der Waals surface area contributed by atoms with Gasteiger partial charge < -0.3 is 9.47 Å². The topological polar surface area (TPSA) is 38.8 Å². The van der Waals surface area contributed by atoms with Crippen LogP contribution in [-0.4, -0.2) is 23.8 Å². The molecule has 0 N–H and O–H groups in total. The highest BCUT2D eigenvalue weighted by Gasteiger charge is 2.71. The van der Waals surface area contributed by atoms with E-state index in [9.17, 15) is 4.79 Å². The Balaban J connectivity index is 2.75. The van der Waals surface area contributed by atoms with Crippen LogP contribution in [0.4, 0.5) is 0 Å². The lowest BCUT2D eigenvalue weighted by molar-refractivity contribution is -0.149. The van der Waals surface area contributed by atoms with Crippen LogP contribution in [0.1, 0.15) is 53.9 Å². The van der Waals surface area contributed by atoms with E-state index in [0.717, 1.165) is 19.3 Å². The third-order valence-corrected chi connectivity index (χ3v) is 3.22. The summed E-state index contributed by atoms with van der Waals surface area (Å²) in [4.78, 5) is 12.0. The quantitative estimate of drug-likeness (QED) is 0.518. The molecule has 0 saturated carbocycles. The molecule has 0 aromatic carbocycles. The van der Waals surface area contributed by atoms with Gasteiger partial charge in [0.25, 0.3) is 0 Å². The monoisotopic (exact) mass is 228 g/mol. The van der Waals surface area contributed by atoms with E-state index in [1.165, 1.54) is 0 Å². The molecule has 0 aliphatic carbocycles. The predicted octanol–water partition coefficient (Wildman–Crippen LogP) is 2.92. The molecule has 94 valence electrons. The molecule has 2 unspecified atom stereocenters. The molecule has 0 amide bonds. The van der Waals surface area contributed by atoms with Gasteiger partial charge in [0.05, 0.1) is 6.61 Å². The van der Waals surface area contributed by atoms with Gasteiger partial charge in [0.2, 0.25) is 0 Å². The normalized spacial score (nSPS) is 32.9. The molecule has 1 heterocycles. The fourth-order valence-electron chi connectivity index (χ4n) is 2.62. The van der Waals surface area contributed by atoms with Crippen molar-refractivity contribution in [1.82, 2.24) is 0 Å². The first-order valence-electron chi connectivity index (χ1n) is 6.29. The minimum Gasteiger partial charge on any atom is -0.464 e. The average molecular weight is 228 g/mol. The van der Waals surface area contributed by atoms with Crippen molar-refractivity contribution in [2.45, 2.75) is 65.1 Å². The van der Waals surface area contributed by atoms with Crippen LogP contribution in [-0.2, 0) is 14.3 Å². The van der Waals surface area contributed by atoms with Crippen molar-refractivity contribution in [2.75, 3.05) is 6.61 Å². The van der Waals surface area contributed by atoms with E-state index >= 15 is 0 Å². The van der Waals surface area contributed by atoms with Crippen molar-refractivity contribution in [3.8, 4) is 0 Å². The smallest absolute Gasteiger partial charge is 0.341 e. The fourth-order valence-corrected chi connectivity index (χ4v) is 2.62. The number of esters is 1. The zero-order chi connectivity index (χ0) is 12.4. The van der Waals surface area contributed by atoms with Gasteiger partial charge in [-0.05, 0) is 32.6 Å². The van der Waals surface area contributed by atoms with Gasteiger partial charge in [-0.25, -0.2) is 4.79 Å². The number of ether oxygens (including phenoxy) is 2. The molecule has 1 saturated heterocycles. The highest BCUT2D eigenvalue weighted by atomic mass is 16.7. The van der Waals surface area contributed by atoms with Crippen molar-refractivity contribution < 1.29 is 14.3 Å². The Kier molecular flexibility index (Phi) is 4.00. The third-order valence-electron chi connectivity index (χ3n) is 3.22. The molecular weight excluding hydrogens is 204 g/mol. The SMILES string of the molecule is CCCC1(C(=O)OCC)OC1(C)CC(C)C. The van der Waals surface area contributed by atoms with Crippen LogP contribution in [0, 0.1) is 5.92 Å². The summed E-state index contributed by atoms with van der Waals surface area (Å²) in [6.45, 7) is 10.6. The minimum atomic E-state index is -0.665. The molecule has 1 fully saturated rings. The van der Waals surface area contributed by atoms with Gasteiger partial charge in [0, 0.05) is 0 Å². The molecule has 1 aliphatic rings. The zero-order valence-corrected chi connectivity index (χ0v) is 11.1. The number of hydrogen-bond acceptors (Lipinski definition) is 3. The summed E-state index contributed by atoms with van der Waals surface area (Å²) in [5.74, 6) is 0.346. The summed E-state index contributed by atoms with van der Waals surface area (Å²) in [5.41, 5.74) is -0.981. The molecule has 0 aromatic heterocycles. The van der Waals surface area contributed by atoms with Crippen LogP contribution in [0.5, 0.6) is 0 Å². The van der Waals surface area contributed by atoms with Crippen LogP contribution in [0.25, 0.3) is 0 Å². The van der Waals surface area contributed by atoms with E-state index < -0.39 is 5.60 Å². The molecular formula is C13H24O3. The number of rotatable bonds is 6. The van der Waals surface area contributed by atoms with Gasteiger partial charge in [-0.1, -0.05) is 27.2 Å². The van der Waals surface area contributed by atoms with E-state index in [2.05, 4.69) is 20.8 Å². The van der Waals surface area contributed by atoms with Crippen molar-refractivity contribution >= 4 is 5.97 Å². The van der Waals surface area contributed by atoms with Gasteiger partial charge in [-0.15, -0.1) is 0 Å². The number of carbonyl (C=O) groups excluding carboxylic acids is 1. The van der Waals surface area contributed by atoms with Crippen molar-refractivity contribution in [3.05, 3.63) is 0 Å². The van der Waals surface area contributed by atoms with Gasteiger partial charge in [-0.3, -0.25) is 0 Å². The Hall–Kier alpha value is -0.570. The van der Waals surface area contributed by atoms with Gasteiger partial charge in [0.15, 0.2) is 5.60 Å². The number of hydrogen-bond donors (Lipinski definition) is 0. The third kappa shape index (κ3) is 2.24. The lowest BCUT2D eigenvalue weighted by atomic mass is 9.84. The van der Waals surface area contributed by atoms with Crippen LogP contribution in [0.15, 0.2) is 0 Å². The standard InChI is InChI=1S/C13H24O3/c1-6-8-13(11(14)15-7-2)12(5,16-13)9-10(3)4/h10H,6-9H2,1-5H3. The van der Waals surface area contributed by atoms with Crippen LogP contribution in [0.2, 0.25) is 0 Å². The Morgan fingerprint density at radius 3 is 2.44 bits per heavy atom. The minimum absolute atomic E-state index is 0.181. The zero-order valence-electron chi connectivity index (χ0n) is 11.1. The second-order valence-electron chi connectivity index (χ2n) is 5.23. The van der Waals surface area contributed by atoms with E-state index in [4.69, 9.17) is 9.47 Å². The first-order chi connectivity index (χ1) is 7.42. The maximum absolute atomic E-state index is 12.0. The maximum Gasteiger partial charge on any atom is 0.341 e. The molecule has 0 radical (unpaired) electrons. The summed E-state index contributed by atoms with van der Waals surface area (Å²) < 4.78 is 10.9. The lowest BCUT2D eigenvalue weighted by Crippen LogP contribution is -2.35. The lowest BCUT2D eigenvalue weighted by Gasteiger charge is -2.16. The predicted molar refractivity (Wildman–Crippen MR) is 63.2 cm³/mol. The van der Waals surface area contributed by atoms with Gasteiger partial charge >= 0.3 is 5.97 Å². The molecule has 0 spiro atoms. The molecule has 3 heteroatoms. The second kappa shape index (κ2) is 4.74. The Morgan fingerprint density at radius 2 is 2.00 bits per heavy atom. The molecule has 3 nitrogen and oxygen atoms in total. The summed E-state index contributed by atoms with van der Waals surface area (Å²) in [6.07, 6.45) is 2.60. The Morgan fingerprint density at radius 1 is 1.38 bits per heavy atom. The highest BCUT2D eigenvalue weighted by molar-refractivity contribution is 5.84. The number of epoxide rings is 1. The molecule has 2 atom stereocenters.